The lowest BCUT2D eigenvalue weighted by molar-refractivity contribution is 0.267. The summed E-state index contributed by atoms with van der Waals surface area (Å²) in [6.45, 7) is 4.14. The molecule has 0 fully saturated rings. The highest BCUT2D eigenvalue weighted by Crippen LogP contribution is 2.02. The van der Waals surface area contributed by atoms with Crippen molar-refractivity contribution in [1.29, 1.82) is 5.41 Å². The summed E-state index contributed by atoms with van der Waals surface area (Å²) in [5.74, 6) is 0.278. The first kappa shape index (κ1) is 13.4. The van der Waals surface area contributed by atoms with E-state index in [0.717, 1.165) is 25.9 Å². The molecule has 1 unspecified atom stereocenters. The molecule has 4 nitrogen and oxygen atoms in total. The van der Waals surface area contributed by atoms with Gasteiger partial charge in [-0.1, -0.05) is 6.92 Å². The van der Waals surface area contributed by atoms with Gasteiger partial charge < -0.3 is 10.6 Å². The number of hydrogen-bond donors (Lipinski definition) is 2. The Morgan fingerprint density at radius 3 is 2.21 bits per heavy atom. The minimum Gasteiger partial charge on any atom is -0.386 e. The maximum Gasteiger partial charge on any atom is 0.108 e. The summed E-state index contributed by atoms with van der Waals surface area (Å²) in [5, 5.41) is 7.43. The Kier molecular flexibility index (Phi) is 6.49. The van der Waals surface area contributed by atoms with Crippen molar-refractivity contribution in [3.63, 3.8) is 0 Å². The van der Waals surface area contributed by atoms with E-state index in [2.05, 4.69) is 30.8 Å². The number of amidine groups is 1. The molecule has 0 rings (SSSR count). The monoisotopic (exact) mass is 200 g/mol. The average molecular weight is 200 g/mol. The molecule has 3 N–H and O–H groups in total. The van der Waals surface area contributed by atoms with Crippen molar-refractivity contribution >= 4 is 5.84 Å². The summed E-state index contributed by atoms with van der Waals surface area (Å²) in [7, 11) is 6.18. The summed E-state index contributed by atoms with van der Waals surface area (Å²) in [5.41, 5.74) is 5.51. The molecule has 0 radical (unpaired) electrons. The van der Waals surface area contributed by atoms with Crippen LogP contribution in [-0.4, -0.2) is 55.9 Å². The predicted octanol–water partition coefficient (Wildman–Crippen LogP) is 0.584. The van der Waals surface area contributed by atoms with E-state index in [9.17, 15) is 0 Å². The fraction of sp³-hybridized carbons (Fsp3) is 0.900. The number of rotatable bonds is 7. The molecule has 0 bridgehead atoms. The van der Waals surface area contributed by atoms with Crippen LogP contribution >= 0.6 is 0 Å². The summed E-state index contributed by atoms with van der Waals surface area (Å²) >= 11 is 0. The molecule has 0 amide bonds. The molecule has 0 heterocycles. The van der Waals surface area contributed by atoms with Crippen molar-refractivity contribution in [3.05, 3.63) is 0 Å². The lowest BCUT2D eigenvalue weighted by Gasteiger charge is -2.26. The average Bonchev–Trinajstić information content (AvgIpc) is 2.03. The van der Waals surface area contributed by atoms with Gasteiger partial charge in [-0.05, 0) is 47.1 Å². The van der Waals surface area contributed by atoms with Crippen LogP contribution in [0, 0.1) is 5.41 Å². The molecule has 0 aromatic heterocycles. The van der Waals surface area contributed by atoms with Crippen molar-refractivity contribution in [3.8, 4) is 0 Å². The molecule has 0 aliphatic heterocycles. The van der Waals surface area contributed by atoms with Crippen molar-refractivity contribution < 1.29 is 0 Å². The molecule has 0 aliphatic rings. The van der Waals surface area contributed by atoms with E-state index >= 15 is 0 Å². The topological polar surface area (TPSA) is 56.4 Å². The van der Waals surface area contributed by atoms with Crippen LogP contribution in [0.25, 0.3) is 0 Å². The van der Waals surface area contributed by atoms with Crippen LogP contribution in [0.5, 0.6) is 0 Å². The van der Waals surface area contributed by atoms with Crippen LogP contribution in [-0.2, 0) is 0 Å². The molecule has 4 heteroatoms. The highest BCUT2D eigenvalue weighted by atomic mass is 15.2. The summed E-state index contributed by atoms with van der Waals surface area (Å²) in [6, 6.07) is 0.108. The molecule has 0 aromatic rings. The van der Waals surface area contributed by atoms with Crippen molar-refractivity contribution in [2.24, 2.45) is 5.73 Å². The van der Waals surface area contributed by atoms with Gasteiger partial charge in [0, 0.05) is 0 Å². The molecule has 0 saturated carbocycles. The van der Waals surface area contributed by atoms with Gasteiger partial charge in [-0.25, -0.2) is 0 Å². The Labute approximate surface area is 87.6 Å². The van der Waals surface area contributed by atoms with Crippen LogP contribution in [0.2, 0.25) is 0 Å². The van der Waals surface area contributed by atoms with E-state index < -0.39 is 0 Å². The largest absolute Gasteiger partial charge is 0.386 e. The zero-order chi connectivity index (χ0) is 11.1. The standard InChI is InChI=1S/C10H24N4/c1-5-9(10(11)12)14(4)8-6-7-13(2)3/h9H,5-8H2,1-4H3,(H3,11,12). The Hall–Kier alpha value is -0.610. The molecule has 1 atom stereocenters. The number of likely N-dealkylation sites (N-methyl/N-ethyl adjacent to an activating group) is 1. The molecule has 0 aliphatic carbocycles. The molecular formula is C10H24N4. The fourth-order valence-corrected chi connectivity index (χ4v) is 1.56. The first-order valence-corrected chi connectivity index (χ1v) is 5.18. The normalized spacial score (nSPS) is 13.6. The van der Waals surface area contributed by atoms with Crippen molar-refractivity contribution in [2.75, 3.05) is 34.2 Å². The third-order valence-electron chi connectivity index (χ3n) is 2.39. The second-order valence-electron chi connectivity index (χ2n) is 4.02. The summed E-state index contributed by atoms with van der Waals surface area (Å²) in [4.78, 5) is 4.33. The minimum absolute atomic E-state index is 0.108. The van der Waals surface area contributed by atoms with E-state index in [1.807, 2.05) is 7.05 Å². The first-order chi connectivity index (χ1) is 6.49. The van der Waals surface area contributed by atoms with Crippen molar-refractivity contribution in [2.45, 2.75) is 25.8 Å². The maximum atomic E-state index is 7.43. The van der Waals surface area contributed by atoms with Gasteiger partial charge in [-0.2, -0.15) is 0 Å². The number of nitrogens with two attached hydrogens (primary N) is 1. The SMILES string of the molecule is CCC(C(=N)N)N(C)CCCN(C)C. The Balaban J connectivity index is 3.81. The first-order valence-electron chi connectivity index (χ1n) is 5.18. The molecule has 14 heavy (non-hydrogen) atoms. The zero-order valence-electron chi connectivity index (χ0n) is 9.88. The lowest BCUT2D eigenvalue weighted by Crippen LogP contribution is -2.42. The maximum absolute atomic E-state index is 7.43. The molecule has 0 aromatic carbocycles. The van der Waals surface area contributed by atoms with Crippen molar-refractivity contribution in [1.82, 2.24) is 9.80 Å². The quantitative estimate of drug-likeness (QED) is 0.467. The smallest absolute Gasteiger partial charge is 0.108 e. The van der Waals surface area contributed by atoms with Crippen LogP contribution in [0.4, 0.5) is 0 Å². The molecule has 0 spiro atoms. The van der Waals surface area contributed by atoms with E-state index in [4.69, 9.17) is 11.1 Å². The number of hydrogen-bond acceptors (Lipinski definition) is 3. The third-order valence-corrected chi connectivity index (χ3v) is 2.39. The van der Waals surface area contributed by atoms with Crippen LogP contribution in [0.3, 0.4) is 0 Å². The van der Waals surface area contributed by atoms with Gasteiger partial charge >= 0.3 is 0 Å². The number of nitrogens with zero attached hydrogens (tertiary/aromatic N) is 2. The fourth-order valence-electron chi connectivity index (χ4n) is 1.56. The van der Waals surface area contributed by atoms with Gasteiger partial charge in [0.05, 0.1) is 6.04 Å². The van der Waals surface area contributed by atoms with E-state index in [1.54, 1.807) is 0 Å². The second-order valence-corrected chi connectivity index (χ2v) is 4.02. The van der Waals surface area contributed by atoms with Gasteiger partial charge in [0.25, 0.3) is 0 Å². The minimum atomic E-state index is 0.108. The predicted molar refractivity (Wildman–Crippen MR) is 61.8 cm³/mol. The molecule has 0 saturated heterocycles. The van der Waals surface area contributed by atoms with E-state index in [0.29, 0.717) is 0 Å². The highest BCUT2D eigenvalue weighted by Gasteiger charge is 2.14. The van der Waals surface area contributed by atoms with E-state index in [-0.39, 0.29) is 11.9 Å². The highest BCUT2D eigenvalue weighted by molar-refractivity contribution is 5.82. The van der Waals surface area contributed by atoms with Crippen LogP contribution in [0.15, 0.2) is 0 Å². The van der Waals surface area contributed by atoms with E-state index in [1.165, 1.54) is 0 Å². The summed E-state index contributed by atoms with van der Waals surface area (Å²) < 4.78 is 0. The molecular weight excluding hydrogens is 176 g/mol. The Morgan fingerprint density at radius 1 is 1.29 bits per heavy atom. The second kappa shape index (κ2) is 6.79. The Morgan fingerprint density at radius 2 is 1.86 bits per heavy atom. The van der Waals surface area contributed by atoms with Gasteiger partial charge in [0.1, 0.15) is 5.84 Å². The van der Waals surface area contributed by atoms with Crippen LogP contribution in [0.1, 0.15) is 19.8 Å². The number of nitrogens with one attached hydrogen (secondary N) is 1. The zero-order valence-corrected chi connectivity index (χ0v) is 9.88. The summed E-state index contributed by atoms with van der Waals surface area (Å²) in [6.07, 6.45) is 2.03. The van der Waals surface area contributed by atoms with Gasteiger partial charge in [-0.3, -0.25) is 10.3 Å². The Bertz CT molecular complexity index is 168. The molecule has 84 valence electrons. The van der Waals surface area contributed by atoms with Crippen LogP contribution < -0.4 is 5.73 Å². The van der Waals surface area contributed by atoms with Gasteiger partial charge in [0.2, 0.25) is 0 Å². The van der Waals surface area contributed by atoms with Gasteiger partial charge in [-0.15, -0.1) is 0 Å². The van der Waals surface area contributed by atoms with Gasteiger partial charge in [0.15, 0.2) is 0 Å². The third kappa shape index (κ3) is 5.19. The lowest BCUT2D eigenvalue weighted by atomic mass is 10.2.